The molecule has 1 aromatic rings. The number of fused-ring (bicyclic) bond motifs is 1. The first-order valence-electron chi connectivity index (χ1n) is 8.05. The van der Waals surface area contributed by atoms with Crippen molar-refractivity contribution in [2.75, 3.05) is 5.32 Å². The summed E-state index contributed by atoms with van der Waals surface area (Å²) in [4.78, 5) is 12.5. The third-order valence-corrected chi connectivity index (χ3v) is 5.23. The fourth-order valence-electron chi connectivity index (χ4n) is 3.78. The highest BCUT2D eigenvalue weighted by molar-refractivity contribution is 5.95. The van der Waals surface area contributed by atoms with Crippen molar-refractivity contribution >= 4 is 11.6 Å². The molecule has 2 aliphatic carbocycles. The van der Waals surface area contributed by atoms with Crippen LogP contribution in [0.15, 0.2) is 18.2 Å². The van der Waals surface area contributed by atoms with Gasteiger partial charge in [-0.25, -0.2) is 0 Å². The SMILES string of the molecule is Cc1ccc(NC(=O)C2[C@H]3CCCCCC[C@H]23)cc1C. The van der Waals surface area contributed by atoms with E-state index in [-0.39, 0.29) is 11.8 Å². The number of anilines is 1. The highest BCUT2D eigenvalue weighted by Crippen LogP contribution is 2.53. The second kappa shape index (κ2) is 5.59. The third-order valence-electron chi connectivity index (χ3n) is 5.23. The molecule has 2 atom stereocenters. The number of aryl methyl sites for hydroxylation is 2. The van der Waals surface area contributed by atoms with Crippen molar-refractivity contribution in [3.8, 4) is 0 Å². The summed E-state index contributed by atoms with van der Waals surface area (Å²) in [5, 5.41) is 3.13. The lowest BCUT2D eigenvalue weighted by Gasteiger charge is -2.07. The Kier molecular flexibility index (Phi) is 3.82. The topological polar surface area (TPSA) is 29.1 Å². The summed E-state index contributed by atoms with van der Waals surface area (Å²) in [5.74, 6) is 1.88. The van der Waals surface area contributed by atoms with Gasteiger partial charge in [0.2, 0.25) is 5.91 Å². The predicted molar refractivity (Wildman–Crippen MR) is 82.7 cm³/mol. The van der Waals surface area contributed by atoms with Gasteiger partial charge in [-0.05, 0) is 61.8 Å². The molecule has 0 bridgehead atoms. The van der Waals surface area contributed by atoms with Gasteiger partial charge in [0.1, 0.15) is 0 Å². The molecular weight excluding hydrogens is 246 g/mol. The molecule has 0 spiro atoms. The van der Waals surface area contributed by atoms with Crippen LogP contribution in [0, 0.1) is 31.6 Å². The summed E-state index contributed by atoms with van der Waals surface area (Å²) in [5.41, 5.74) is 3.47. The van der Waals surface area contributed by atoms with Gasteiger partial charge in [-0.2, -0.15) is 0 Å². The van der Waals surface area contributed by atoms with Crippen LogP contribution >= 0.6 is 0 Å². The second-order valence-corrected chi connectivity index (χ2v) is 6.63. The van der Waals surface area contributed by atoms with Gasteiger partial charge in [-0.15, -0.1) is 0 Å². The maximum atomic E-state index is 12.5. The Hall–Kier alpha value is -1.31. The molecule has 2 heteroatoms. The van der Waals surface area contributed by atoms with Crippen LogP contribution in [0.5, 0.6) is 0 Å². The maximum absolute atomic E-state index is 12.5. The largest absolute Gasteiger partial charge is 0.326 e. The molecule has 0 heterocycles. The highest BCUT2D eigenvalue weighted by Gasteiger charge is 2.53. The first kappa shape index (κ1) is 13.7. The molecular formula is C18H25NO. The van der Waals surface area contributed by atoms with E-state index in [1.165, 1.54) is 49.7 Å². The number of carbonyl (C=O) groups excluding carboxylic acids is 1. The molecule has 2 saturated carbocycles. The maximum Gasteiger partial charge on any atom is 0.228 e. The fraction of sp³-hybridized carbons (Fsp3) is 0.611. The van der Waals surface area contributed by atoms with Crippen molar-refractivity contribution < 1.29 is 4.79 Å². The van der Waals surface area contributed by atoms with Gasteiger partial charge in [-0.1, -0.05) is 31.7 Å². The van der Waals surface area contributed by atoms with Gasteiger partial charge in [0, 0.05) is 11.6 Å². The predicted octanol–water partition coefficient (Wildman–Crippen LogP) is 4.46. The minimum Gasteiger partial charge on any atom is -0.326 e. The molecule has 3 rings (SSSR count). The van der Waals surface area contributed by atoms with Crippen LogP contribution in [0.2, 0.25) is 0 Å². The Balaban J connectivity index is 1.63. The van der Waals surface area contributed by atoms with Crippen molar-refractivity contribution in [3.63, 3.8) is 0 Å². The average Bonchev–Trinajstić information content (AvgIpc) is 3.05. The van der Waals surface area contributed by atoms with Crippen LogP contribution in [0.4, 0.5) is 5.69 Å². The number of hydrogen-bond acceptors (Lipinski definition) is 1. The van der Waals surface area contributed by atoms with Crippen molar-refractivity contribution in [1.29, 1.82) is 0 Å². The van der Waals surface area contributed by atoms with Crippen molar-refractivity contribution in [1.82, 2.24) is 0 Å². The van der Waals surface area contributed by atoms with Crippen LogP contribution in [0.3, 0.4) is 0 Å². The zero-order valence-corrected chi connectivity index (χ0v) is 12.6. The Labute approximate surface area is 122 Å². The molecule has 2 aliphatic rings. The molecule has 1 N–H and O–H groups in total. The van der Waals surface area contributed by atoms with Gasteiger partial charge in [-0.3, -0.25) is 4.79 Å². The number of carbonyl (C=O) groups is 1. The van der Waals surface area contributed by atoms with E-state index in [4.69, 9.17) is 0 Å². The third kappa shape index (κ3) is 2.74. The highest BCUT2D eigenvalue weighted by atomic mass is 16.2. The molecule has 0 saturated heterocycles. The Morgan fingerprint density at radius 2 is 1.65 bits per heavy atom. The van der Waals surface area contributed by atoms with E-state index in [1.54, 1.807) is 0 Å². The van der Waals surface area contributed by atoms with Crippen molar-refractivity contribution in [2.24, 2.45) is 17.8 Å². The Bertz CT molecular complexity index is 494. The van der Waals surface area contributed by atoms with Crippen molar-refractivity contribution in [3.05, 3.63) is 29.3 Å². The zero-order valence-electron chi connectivity index (χ0n) is 12.6. The van der Waals surface area contributed by atoms with Gasteiger partial charge < -0.3 is 5.32 Å². The summed E-state index contributed by atoms with van der Waals surface area (Å²) >= 11 is 0. The molecule has 1 amide bonds. The van der Waals surface area contributed by atoms with Crippen LogP contribution < -0.4 is 5.32 Å². The van der Waals surface area contributed by atoms with Crippen LogP contribution in [-0.4, -0.2) is 5.91 Å². The molecule has 2 nitrogen and oxygen atoms in total. The standard InChI is InChI=1S/C18H25NO/c1-12-9-10-14(11-13(12)2)19-18(20)17-15-7-5-3-4-6-8-16(15)17/h9-11,15-17H,3-8H2,1-2H3,(H,19,20)/t15-,16-/m0/s1. The van der Waals surface area contributed by atoms with Crippen LogP contribution in [-0.2, 0) is 4.79 Å². The Morgan fingerprint density at radius 3 is 2.25 bits per heavy atom. The zero-order chi connectivity index (χ0) is 14.1. The summed E-state index contributed by atoms with van der Waals surface area (Å²) < 4.78 is 0. The molecule has 0 aromatic heterocycles. The van der Waals surface area contributed by atoms with E-state index in [0.29, 0.717) is 11.8 Å². The minimum atomic E-state index is 0.255. The Morgan fingerprint density at radius 1 is 1.00 bits per heavy atom. The second-order valence-electron chi connectivity index (χ2n) is 6.63. The number of amides is 1. The number of hydrogen-bond donors (Lipinski definition) is 1. The fourth-order valence-corrected chi connectivity index (χ4v) is 3.78. The van der Waals surface area contributed by atoms with Gasteiger partial charge in [0.25, 0.3) is 0 Å². The first-order chi connectivity index (χ1) is 9.66. The minimum absolute atomic E-state index is 0.255. The monoisotopic (exact) mass is 271 g/mol. The molecule has 0 radical (unpaired) electrons. The van der Waals surface area contributed by atoms with Gasteiger partial charge in [0.15, 0.2) is 0 Å². The van der Waals surface area contributed by atoms with Gasteiger partial charge >= 0.3 is 0 Å². The lowest BCUT2D eigenvalue weighted by molar-refractivity contribution is -0.117. The summed E-state index contributed by atoms with van der Waals surface area (Å²) in [6.07, 6.45) is 7.86. The van der Waals surface area contributed by atoms with E-state index in [2.05, 4.69) is 31.3 Å². The van der Waals surface area contributed by atoms with E-state index in [9.17, 15) is 4.79 Å². The molecule has 1 aromatic carbocycles. The number of rotatable bonds is 2. The number of nitrogens with one attached hydrogen (secondary N) is 1. The molecule has 0 unspecified atom stereocenters. The van der Waals surface area contributed by atoms with Crippen molar-refractivity contribution in [2.45, 2.75) is 52.4 Å². The smallest absolute Gasteiger partial charge is 0.228 e. The summed E-state index contributed by atoms with van der Waals surface area (Å²) in [6.45, 7) is 4.19. The quantitative estimate of drug-likeness (QED) is 0.845. The number of benzene rings is 1. The van der Waals surface area contributed by atoms with Crippen LogP contribution in [0.1, 0.15) is 49.7 Å². The first-order valence-corrected chi connectivity index (χ1v) is 8.05. The average molecular weight is 271 g/mol. The van der Waals surface area contributed by atoms with E-state index < -0.39 is 0 Å². The van der Waals surface area contributed by atoms with Gasteiger partial charge in [0.05, 0.1) is 0 Å². The molecule has 108 valence electrons. The lowest BCUT2D eigenvalue weighted by Crippen LogP contribution is -2.15. The van der Waals surface area contributed by atoms with E-state index in [1.807, 2.05) is 6.07 Å². The summed E-state index contributed by atoms with van der Waals surface area (Å²) in [6, 6.07) is 6.18. The molecule has 20 heavy (non-hydrogen) atoms. The van der Waals surface area contributed by atoms with E-state index in [0.717, 1.165) is 5.69 Å². The van der Waals surface area contributed by atoms with E-state index >= 15 is 0 Å². The van der Waals surface area contributed by atoms with Crippen LogP contribution in [0.25, 0.3) is 0 Å². The molecule has 0 aliphatic heterocycles. The lowest BCUT2D eigenvalue weighted by atomic mass is 10.0. The normalized spacial score (nSPS) is 29.0. The molecule has 2 fully saturated rings. The summed E-state index contributed by atoms with van der Waals surface area (Å²) in [7, 11) is 0.